The molecule has 1 aromatic heterocycles. The number of nitrogens with one attached hydrogen (secondary N) is 1. The van der Waals surface area contributed by atoms with Gasteiger partial charge in [-0.1, -0.05) is 24.6 Å². The molecular weight excluding hydrogens is 265 g/mol. The van der Waals surface area contributed by atoms with E-state index in [0.717, 1.165) is 23.1 Å². The molecule has 4 heteroatoms. The number of hydrogen-bond acceptors (Lipinski definition) is 3. The van der Waals surface area contributed by atoms with Gasteiger partial charge in [0.1, 0.15) is 0 Å². The van der Waals surface area contributed by atoms with Crippen molar-refractivity contribution >= 4 is 5.82 Å². The summed E-state index contributed by atoms with van der Waals surface area (Å²) >= 11 is 0. The van der Waals surface area contributed by atoms with Crippen LogP contribution in [-0.4, -0.2) is 16.5 Å². The van der Waals surface area contributed by atoms with Crippen molar-refractivity contribution in [3.8, 4) is 11.4 Å². The number of aryl methyl sites for hydroxylation is 4. The molecule has 2 aromatic rings. The van der Waals surface area contributed by atoms with Crippen LogP contribution < -0.4 is 5.32 Å². The minimum Gasteiger partial charge on any atom is -0.368 e. The van der Waals surface area contributed by atoms with Crippen molar-refractivity contribution in [1.82, 2.24) is 9.97 Å². The number of aromatic nitrogens is 2. The van der Waals surface area contributed by atoms with Crippen molar-refractivity contribution in [3.63, 3.8) is 0 Å². The van der Waals surface area contributed by atoms with Crippen molar-refractivity contribution in [1.29, 1.82) is 0 Å². The maximum Gasteiger partial charge on any atom is 0.186 e. The van der Waals surface area contributed by atoms with Crippen molar-refractivity contribution in [2.24, 2.45) is 0 Å². The third-order valence-corrected chi connectivity index (χ3v) is 3.46. The van der Waals surface area contributed by atoms with Crippen LogP contribution >= 0.6 is 0 Å². The number of halogens is 1. The molecule has 0 unspecified atom stereocenters. The molecule has 21 heavy (non-hydrogen) atoms. The summed E-state index contributed by atoms with van der Waals surface area (Å²) in [7, 11) is 0. The lowest BCUT2D eigenvalue weighted by atomic mass is 9.99. The SMILES string of the molecule is CCCNc1nc(-c2c(C)cc(C)cc2C)nc(C)c1F. The molecule has 0 aliphatic heterocycles. The van der Waals surface area contributed by atoms with Gasteiger partial charge in [0.05, 0.1) is 5.69 Å². The summed E-state index contributed by atoms with van der Waals surface area (Å²) < 4.78 is 14.1. The summed E-state index contributed by atoms with van der Waals surface area (Å²) in [5.74, 6) is 0.510. The summed E-state index contributed by atoms with van der Waals surface area (Å²) in [5, 5.41) is 3.04. The highest BCUT2D eigenvalue weighted by Gasteiger charge is 2.15. The highest BCUT2D eigenvalue weighted by atomic mass is 19.1. The standard InChI is InChI=1S/C17H22FN3/c1-6-7-19-17-15(18)13(5)20-16(21-17)14-11(3)8-10(2)9-12(14)4/h8-9H,6-7H2,1-5H3,(H,19,20,21). The van der Waals surface area contributed by atoms with E-state index in [1.165, 1.54) is 5.56 Å². The summed E-state index contributed by atoms with van der Waals surface area (Å²) in [6.45, 7) is 10.5. The molecule has 0 amide bonds. The Morgan fingerprint density at radius 1 is 1.05 bits per heavy atom. The van der Waals surface area contributed by atoms with Crippen LogP contribution in [0.5, 0.6) is 0 Å². The second-order valence-electron chi connectivity index (χ2n) is 5.50. The van der Waals surface area contributed by atoms with Gasteiger partial charge in [-0.05, 0) is 45.2 Å². The molecule has 112 valence electrons. The molecule has 1 N–H and O–H groups in total. The summed E-state index contributed by atoms with van der Waals surface area (Å²) in [6, 6.07) is 4.20. The van der Waals surface area contributed by atoms with E-state index in [2.05, 4.69) is 34.3 Å². The number of hydrogen-bond donors (Lipinski definition) is 1. The molecule has 0 spiro atoms. The second-order valence-corrected chi connectivity index (χ2v) is 5.50. The molecule has 1 heterocycles. The van der Waals surface area contributed by atoms with Crippen molar-refractivity contribution < 1.29 is 4.39 Å². The van der Waals surface area contributed by atoms with E-state index in [1.807, 2.05) is 20.8 Å². The Kier molecular flexibility index (Phi) is 4.56. The summed E-state index contributed by atoms with van der Waals surface area (Å²) in [6.07, 6.45) is 0.917. The molecule has 0 atom stereocenters. The number of benzene rings is 1. The maximum absolute atomic E-state index is 14.1. The first-order valence-electron chi connectivity index (χ1n) is 7.30. The molecule has 1 aromatic carbocycles. The topological polar surface area (TPSA) is 37.8 Å². The smallest absolute Gasteiger partial charge is 0.186 e. The van der Waals surface area contributed by atoms with Gasteiger partial charge in [-0.15, -0.1) is 0 Å². The van der Waals surface area contributed by atoms with Gasteiger partial charge in [0.25, 0.3) is 0 Å². The van der Waals surface area contributed by atoms with E-state index in [0.29, 0.717) is 23.9 Å². The molecule has 0 bridgehead atoms. The van der Waals surface area contributed by atoms with Crippen molar-refractivity contribution in [2.75, 3.05) is 11.9 Å². The number of anilines is 1. The Morgan fingerprint density at radius 3 is 2.24 bits per heavy atom. The van der Waals surface area contributed by atoms with Gasteiger partial charge in [0.2, 0.25) is 0 Å². The summed E-state index contributed by atoms with van der Waals surface area (Å²) in [5.41, 5.74) is 4.79. The fraction of sp³-hybridized carbons (Fsp3) is 0.412. The maximum atomic E-state index is 14.1. The first-order chi connectivity index (χ1) is 9.93. The zero-order valence-electron chi connectivity index (χ0n) is 13.3. The van der Waals surface area contributed by atoms with E-state index in [1.54, 1.807) is 6.92 Å². The Balaban J connectivity index is 2.57. The first kappa shape index (κ1) is 15.4. The van der Waals surface area contributed by atoms with Gasteiger partial charge in [-0.25, -0.2) is 14.4 Å². The number of rotatable bonds is 4. The number of nitrogens with zero attached hydrogens (tertiary/aromatic N) is 2. The molecule has 3 nitrogen and oxygen atoms in total. The quantitative estimate of drug-likeness (QED) is 0.909. The van der Waals surface area contributed by atoms with Crippen LogP contribution in [0.2, 0.25) is 0 Å². The molecule has 2 rings (SSSR count). The predicted octanol–water partition coefficient (Wildman–Crippen LogP) is 4.34. The Morgan fingerprint density at radius 2 is 1.67 bits per heavy atom. The van der Waals surface area contributed by atoms with E-state index in [-0.39, 0.29) is 5.82 Å². The zero-order valence-corrected chi connectivity index (χ0v) is 13.3. The summed E-state index contributed by atoms with van der Waals surface area (Å²) in [4.78, 5) is 8.73. The Bertz CT molecular complexity index is 642. The van der Waals surface area contributed by atoms with Crippen LogP contribution in [0.1, 0.15) is 35.7 Å². The average Bonchev–Trinajstić information content (AvgIpc) is 2.39. The molecule has 0 saturated heterocycles. The molecule has 0 aliphatic carbocycles. The van der Waals surface area contributed by atoms with Crippen LogP contribution in [0.3, 0.4) is 0 Å². The third kappa shape index (κ3) is 3.20. The van der Waals surface area contributed by atoms with Gasteiger partial charge in [0.15, 0.2) is 17.5 Å². The van der Waals surface area contributed by atoms with Crippen LogP contribution in [0, 0.1) is 33.5 Å². The van der Waals surface area contributed by atoms with Gasteiger partial charge in [0, 0.05) is 12.1 Å². The van der Waals surface area contributed by atoms with Crippen LogP contribution in [0.25, 0.3) is 11.4 Å². The van der Waals surface area contributed by atoms with Gasteiger partial charge in [-0.2, -0.15) is 0 Å². The van der Waals surface area contributed by atoms with Crippen LogP contribution in [0.4, 0.5) is 10.2 Å². The van der Waals surface area contributed by atoms with Crippen molar-refractivity contribution in [3.05, 3.63) is 40.3 Å². The normalized spacial score (nSPS) is 10.8. The fourth-order valence-corrected chi connectivity index (χ4v) is 2.56. The van der Waals surface area contributed by atoms with Crippen LogP contribution in [-0.2, 0) is 0 Å². The fourth-order valence-electron chi connectivity index (χ4n) is 2.56. The van der Waals surface area contributed by atoms with E-state index < -0.39 is 0 Å². The largest absolute Gasteiger partial charge is 0.368 e. The molecule has 0 radical (unpaired) electrons. The third-order valence-electron chi connectivity index (χ3n) is 3.46. The van der Waals surface area contributed by atoms with E-state index >= 15 is 0 Å². The van der Waals surface area contributed by atoms with Crippen molar-refractivity contribution in [2.45, 2.75) is 41.0 Å². The lowest BCUT2D eigenvalue weighted by Gasteiger charge is -2.13. The first-order valence-corrected chi connectivity index (χ1v) is 7.30. The van der Waals surface area contributed by atoms with Crippen LogP contribution in [0.15, 0.2) is 12.1 Å². The molecular formula is C17H22FN3. The monoisotopic (exact) mass is 287 g/mol. The minimum atomic E-state index is -0.366. The highest BCUT2D eigenvalue weighted by Crippen LogP contribution is 2.28. The predicted molar refractivity (Wildman–Crippen MR) is 85.2 cm³/mol. The minimum absolute atomic E-state index is 0.290. The Hall–Kier alpha value is -1.97. The van der Waals surface area contributed by atoms with E-state index in [4.69, 9.17) is 0 Å². The second kappa shape index (κ2) is 6.20. The van der Waals surface area contributed by atoms with Gasteiger partial charge < -0.3 is 5.32 Å². The lowest BCUT2D eigenvalue weighted by Crippen LogP contribution is -2.09. The van der Waals surface area contributed by atoms with Gasteiger partial charge >= 0.3 is 0 Å². The molecule has 0 saturated carbocycles. The van der Waals surface area contributed by atoms with E-state index in [9.17, 15) is 4.39 Å². The zero-order chi connectivity index (χ0) is 15.6. The van der Waals surface area contributed by atoms with Gasteiger partial charge in [-0.3, -0.25) is 0 Å². The Labute approximate surface area is 125 Å². The molecule has 0 fully saturated rings. The highest BCUT2D eigenvalue weighted by molar-refractivity contribution is 5.66. The lowest BCUT2D eigenvalue weighted by molar-refractivity contribution is 0.605. The molecule has 0 aliphatic rings. The average molecular weight is 287 g/mol.